The molecule has 2 rings (SSSR count). The lowest BCUT2D eigenvalue weighted by molar-refractivity contribution is -0.117. The number of nitrogen functional groups attached to an aromatic ring is 1. The molecule has 0 saturated carbocycles. The predicted octanol–water partition coefficient (Wildman–Crippen LogP) is 1.20. The predicted molar refractivity (Wildman–Crippen MR) is 66.6 cm³/mol. The average molecular weight is 230 g/mol. The van der Waals surface area contributed by atoms with Crippen LogP contribution in [0.1, 0.15) is 5.69 Å². The molecule has 88 valence electrons. The van der Waals surface area contributed by atoms with Crippen molar-refractivity contribution < 1.29 is 4.79 Å². The summed E-state index contributed by atoms with van der Waals surface area (Å²) in [5.41, 5.74) is 7.01. The number of aromatic nitrogens is 2. The van der Waals surface area contributed by atoms with Crippen LogP contribution < -0.4 is 10.6 Å². The molecule has 0 radical (unpaired) electrons. The lowest BCUT2D eigenvalue weighted by Crippen LogP contribution is -2.28. The van der Waals surface area contributed by atoms with Gasteiger partial charge in [0.05, 0.1) is 18.3 Å². The van der Waals surface area contributed by atoms with Gasteiger partial charge in [-0.05, 0) is 24.3 Å². The molecule has 0 spiro atoms. The van der Waals surface area contributed by atoms with E-state index in [1.807, 2.05) is 12.1 Å². The van der Waals surface area contributed by atoms with Crippen molar-refractivity contribution in [2.45, 2.75) is 6.42 Å². The second kappa shape index (κ2) is 4.69. The van der Waals surface area contributed by atoms with Crippen molar-refractivity contribution in [3.63, 3.8) is 0 Å². The lowest BCUT2D eigenvalue weighted by Gasteiger charge is -2.15. The number of carbonyl (C=O) groups is 1. The number of H-pyrrole nitrogens is 1. The first-order valence-electron chi connectivity index (χ1n) is 5.27. The number of nitrogens with zero attached hydrogens (tertiary/aromatic N) is 2. The monoisotopic (exact) mass is 230 g/mol. The van der Waals surface area contributed by atoms with Crippen molar-refractivity contribution in [2.75, 3.05) is 17.7 Å². The molecule has 0 unspecified atom stereocenters. The van der Waals surface area contributed by atoms with E-state index in [1.54, 1.807) is 25.4 Å². The van der Waals surface area contributed by atoms with E-state index in [0.29, 0.717) is 17.9 Å². The Hall–Kier alpha value is -2.30. The normalized spacial score (nSPS) is 10.2. The number of hydrogen-bond donors (Lipinski definition) is 2. The highest BCUT2D eigenvalue weighted by atomic mass is 16.2. The summed E-state index contributed by atoms with van der Waals surface area (Å²) >= 11 is 0. The number of pyridine rings is 1. The minimum Gasteiger partial charge on any atom is -0.397 e. The van der Waals surface area contributed by atoms with Gasteiger partial charge in [0.25, 0.3) is 0 Å². The number of carbonyl (C=O) groups excluding carboxylic acids is 1. The molecule has 0 aliphatic carbocycles. The fraction of sp³-hybridized carbons (Fsp3) is 0.167. The quantitative estimate of drug-likeness (QED) is 0.831. The largest absolute Gasteiger partial charge is 0.397 e. The standard InChI is InChI=1S/C12H14N4O/c1-16(11-5-4-9(13)8-15-11)12(17)7-10-3-2-6-14-10/h2-6,8,14H,7,13H2,1H3. The van der Waals surface area contributed by atoms with E-state index in [9.17, 15) is 4.79 Å². The fourth-order valence-corrected chi connectivity index (χ4v) is 1.48. The molecule has 2 heterocycles. The molecule has 0 saturated heterocycles. The number of amides is 1. The molecular weight excluding hydrogens is 216 g/mol. The zero-order valence-corrected chi connectivity index (χ0v) is 9.55. The van der Waals surface area contributed by atoms with Gasteiger partial charge in [-0.2, -0.15) is 0 Å². The van der Waals surface area contributed by atoms with Crippen LogP contribution in [-0.2, 0) is 11.2 Å². The third-order valence-corrected chi connectivity index (χ3v) is 2.49. The smallest absolute Gasteiger partial charge is 0.233 e. The van der Waals surface area contributed by atoms with E-state index >= 15 is 0 Å². The van der Waals surface area contributed by atoms with Crippen LogP contribution >= 0.6 is 0 Å². The summed E-state index contributed by atoms with van der Waals surface area (Å²) in [4.78, 5) is 20.5. The Morgan fingerprint density at radius 1 is 1.47 bits per heavy atom. The van der Waals surface area contributed by atoms with Crippen molar-refractivity contribution in [1.82, 2.24) is 9.97 Å². The molecule has 2 aromatic heterocycles. The van der Waals surface area contributed by atoms with E-state index in [2.05, 4.69) is 9.97 Å². The third kappa shape index (κ3) is 2.63. The number of nitrogens with one attached hydrogen (secondary N) is 1. The van der Waals surface area contributed by atoms with Crippen LogP contribution in [0.3, 0.4) is 0 Å². The molecule has 0 bridgehead atoms. The van der Waals surface area contributed by atoms with Gasteiger partial charge in [-0.1, -0.05) is 0 Å². The van der Waals surface area contributed by atoms with Crippen LogP contribution in [0.15, 0.2) is 36.7 Å². The number of hydrogen-bond acceptors (Lipinski definition) is 3. The van der Waals surface area contributed by atoms with Crippen LogP contribution in [0, 0.1) is 0 Å². The first-order valence-corrected chi connectivity index (χ1v) is 5.27. The number of nitrogens with two attached hydrogens (primary N) is 1. The average Bonchev–Trinajstić information content (AvgIpc) is 2.82. The Bertz CT molecular complexity index is 490. The fourth-order valence-electron chi connectivity index (χ4n) is 1.48. The highest BCUT2D eigenvalue weighted by Crippen LogP contribution is 2.11. The Morgan fingerprint density at radius 2 is 2.29 bits per heavy atom. The maximum Gasteiger partial charge on any atom is 0.233 e. The zero-order chi connectivity index (χ0) is 12.3. The van der Waals surface area contributed by atoms with Gasteiger partial charge >= 0.3 is 0 Å². The number of likely N-dealkylation sites (N-methyl/N-ethyl adjacent to an activating group) is 1. The second-order valence-corrected chi connectivity index (χ2v) is 3.77. The molecule has 0 fully saturated rings. The minimum atomic E-state index is -0.0234. The Balaban J connectivity index is 2.07. The summed E-state index contributed by atoms with van der Waals surface area (Å²) in [6.07, 6.45) is 3.66. The van der Waals surface area contributed by atoms with Crippen LogP contribution in [0.25, 0.3) is 0 Å². The molecule has 1 amide bonds. The topological polar surface area (TPSA) is 75.0 Å². The Morgan fingerprint density at radius 3 is 2.88 bits per heavy atom. The number of anilines is 2. The van der Waals surface area contributed by atoms with Gasteiger partial charge in [0.15, 0.2) is 0 Å². The summed E-state index contributed by atoms with van der Waals surface area (Å²) in [5.74, 6) is 0.570. The van der Waals surface area contributed by atoms with E-state index < -0.39 is 0 Å². The van der Waals surface area contributed by atoms with Gasteiger partial charge in [-0.15, -0.1) is 0 Å². The van der Waals surface area contributed by atoms with E-state index in [1.165, 1.54) is 11.1 Å². The zero-order valence-electron chi connectivity index (χ0n) is 9.55. The summed E-state index contributed by atoms with van der Waals surface area (Å²) in [6, 6.07) is 7.19. The van der Waals surface area contributed by atoms with Crippen molar-refractivity contribution in [3.05, 3.63) is 42.4 Å². The van der Waals surface area contributed by atoms with Crippen molar-refractivity contribution >= 4 is 17.4 Å². The SMILES string of the molecule is CN(C(=O)Cc1ccc[nH]1)c1ccc(N)cn1. The van der Waals surface area contributed by atoms with E-state index in [-0.39, 0.29) is 5.91 Å². The molecule has 17 heavy (non-hydrogen) atoms. The molecule has 2 aromatic rings. The second-order valence-electron chi connectivity index (χ2n) is 3.77. The third-order valence-electron chi connectivity index (χ3n) is 2.49. The molecule has 0 aromatic carbocycles. The van der Waals surface area contributed by atoms with Gasteiger partial charge in [-0.3, -0.25) is 9.69 Å². The summed E-state index contributed by atoms with van der Waals surface area (Å²) in [5, 5.41) is 0. The van der Waals surface area contributed by atoms with Crippen LogP contribution in [-0.4, -0.2) is 22.9 Å². The molecular formula is C12H14N4O. The van der Waals surface area contributed by atoms with Crippen molar-refractivity contribution in [2.24, 2.45) is 0 Å². The van der Waals surface area contributed by atoms with Gasteiger partial charge < -0.3 is 10.7 Å². The molecule has 3 N–H and O–H groups in total. The highest BCUT2D eigenvalue weighted by molar-refractivity contribution is 5.93. The van der Waals surface area contributed by atoms with Gasteiger partial charge in [0.2, 0.25) is 5.91 Å². The molecule has 0 atom stereocenters. The minimum absolute atomic E-state index is 0.0234. The van der Waals surface area contributed by atoms with Crippen molar-refractivity contribution in [3.8, 4) is 0 Å². The first-order chi connectivity index (χ1) is 8.16. The van der Waals surface area contributed by atoms with E-state index in [4.69, 9.17) is 5.73 Å². The maximum absolute atomic E-state index is 11.9. The van der Waals surface area contributed by atoms with Crippen LogP contribution in [0.4, 0.5) is 11.5 Å². The maximum atomic E-state index is 11.9. The van der Waals surface area contributed by atoms with Gasteiger partial charge in [0.1, 0.15) is 5.82 Å². The van der Waals surface area contributed by atoms with Gasteiger partial charge in [0, 0.05) is 18.9 Å². The van der Waals surface area contributed by atoms with E-state index in [0.717, 1.165) is 5.69 Å². The molecule has 5 nitrogen and oxygen atoms in total. The number of aromatic amines is 1. The van der Waals surface area contributed by atoms with Gasteiger partial charge in [-0.25, -0.2) is 4.98 Å². The highest BCUT2D eigenvalue weighted by Gasteiger charge is 2.12. The lowest BCUT2D eigenvalue weighted by atomic mass is 10.3. The Kier molecular flexibility index (Phi) is 3.09. The molecule has 0 aliphatic heterocycles. The first kappa shape index (κ1) is 11.2. The summed E-state index contributed by atoms with van der Waals surface area (Å²) < 4.78 is 0. The molecule has 5 heteroatoms. The van der Waals surface area contributed by atoms with Crippen LogP contribution in [0.2, 0.25) is 0 Å². The molecule has 0 aliphatic rings. The van der Waals surface area contributed by atoms with Crippen LogP contribution in [0.5, 0.6) is 0 Å². The number of rotatable bonds is 3. The Labute approximate surface area is 99.3 Å². The van der Waals surface area contributed by atoms with Crippen molar-refractivity contribution in [1.29, 1.82) is 0 Å². The summed E-state index contributed by atoms with van der Waals surface area (Å²) in [7, 11) is 1.70. The summed E-state index contributed by atoms with van der Waals surface area (Å²) in [6.45, 7) is 0.